The number of carbonyl (C=O) groups excluding carboxylic acids is 1. The minimum Gasteiger partial charge on any atom is -0.481 e. The van der Waals surface area contributed by atoms with Crippen molar-refractivity contribution in [1.29, 1.82) is 0 Å². The number of halogens is 1. The molecule has 6 heteroatoms. The van der Waals surface area contributed by atoms with Crippen LogP contribution in [-0.4, -0.2) is 23.3 Å². The topological polar surface area (TPSA) is 89.6 Å². The lowest BCUT2D eigenvalue weighted by Crippen LogP contribution is -2.33. The highest BCUT2D eigenvalue weighted by Crippen LogP contribution is 2.17. The van der Waals surface area contributed by atoms with E-state index >= 15 is 0 Å². The summed E-state index contributed by atoms with van der Waals surface area (Å²) in [5.41, 5.74) is 5.57. The smallest absolute Gasteiger partial charge is 0.311 e. The highest BCUT2D eigenvalue weighted by Gasteiger charge is 2.25. The zero-order valence-electron chi connectivity index (χ0n) is 9.80. The molecule has 18 heavy (non-hydrogen) atoms. The number of rotatable bonds is 5. The molecule has 1 rings (SSSR count). The summed E-state index contributed by atoms with van der Waals surface area (Å²) in [7, 11) is 0. The number of benzene rings is 1. The Balaban J connectivity index is 2.73. The molecule has 0 spiro atoms. The maximum absolute atomic E-state index is 12.9. The van der Waals surface area contributed by atoms with Crippen molar-refractivity contribution in [2.75, 3.05) is 0 Å². The average molecular weight is 255 g/mol. The van der Waals surface area contributed by atoms with Crippen molar-refractivity contribution in [2.24, 2.45) is 11.7 Å². The second kappa shape index (κ2) is 6.11. The van der Waals surface area contributed by atoms with Crippen molar-refractivity contribution in [3.63, 3.8) is 0 Å². The summed E-state index contributed by atoms with van der Waals surface area (Å²) < 4.78 is 17.7. The molecule has 0 amide bonds. The quantitative estimate of drug-likeness (QED) is 0.467. The Hall–Kier alpha value is -1.95. The molecule has 0 aromatic heterocycles. The number of carbonyl (C=O) groups is 2. The van der Waals surface area contributed by atoms with Crippen LogP contribution in [0.3, 0.4) is 0 Å². The fraction of sp³-hybridized carbons (Fsp3) is 0.333. The highest BCUT2D eigenvalue weighted by atomic mass is 19.1. The highest BCUT2D eigenvalue weighted by molar-refractivity contribution is 5.71. The number of hydrogen-bond acceptors (Lipinski definition) is 4. The standard InChI is InChI=1S/C12H14FNO4/c1-7(15)18-9-4-2-8(3-5-9)6-10(11(13)14)12(16)17/h2-5,10-11H,6,14H2,1H3,(H,16,17). The summed E-state index contributed by atoms with van der Waals surface area (Å²) in [6.07, 6.45) is -1.94. The van der Waals surface area contributed by atoms with Gasteiger partial charge in [0, 0.05) is 6.92 Å². The van der Waals surface area contributed by atoms with Gasteiger partial charge in [-0.15, -0.1) is 0 Å². The average Bonchev–Trinajstić information content (AvgIpc) is 2.26. The summed E-state index contributed by atoms with van der Waals surface area (Å²) in [6, 6.07) is 6.16. The molecule has 0 heterocycles. The lowest BCUT2D eigenvalue weighted by Gasteiger charge is -2.13. The van der Waals surface area contributed by atoms with Crippen LogP contribution in [0.5, 0.6) is 5.75 Å². The Morgan fingerprint density at radius 2 is 1.94 bits per heavy atom. The molecular weight excluding hydrogens is 241 g/mol. The van der Waals surface area contributed by atoms with Crippen molar-refractivity contribution < 1.29 is 23.8 Å². The van der Waals surface area contributed by atoms with Crippen LogP contribution in [0.4, 0.5) is 4.39 Å². The van der Waals surface area contributed by atoms with E-state index in [9.17, 15) is 14.0 Å². The van der Waals surface area contributed by atoms with E-state index in [1.807, 2.05) is 0 Å². The first-order valence-corrected chi connectivity index (χ1v) is 5.30. The maximum Gasteiger partial charge on any atom is 0.311 e. The molecular formula is C12H14FNO4. The number of nitrogens with two attached hydrogens (primary N) is 1. The van der Waals surface area contributed by atoms with Gasteiger partial charge in [-0.3, -0.25) is 9.59 Å². The first-order chi connectivity index (χ1) is 8.40. The van der Waals surface area contributed by atoms with Gasteiger partial charge in [-0.2, -0.15) is 0 Å². The monoisotopic (exact) mass is 255 g/mol. The van der Waals surface area contributed by atoms with Gasteiger partial charge in [0.25, 0.3) is 0 Å². The van der Waals surface area contributed by atoms with E-state index < -0.39 is 24.2 Å². The van der Waals surface area contributed by atoms with E-state index in [4.69, 9.17) is 15.6 Å². The van der Waals surface area contributed by atoms with Crippen LogP contribution in [0.15, 0.2) is 24.3 Å². The molecule has 98 valence electrons. The van der Waals surface area contributed by atoms with Crippen LogP contribution in [0.25, 0.3) is 0 Å². The number of hydrogen-bond donors (Lipinski definition) is 2. The minimum absolute atomic E-state index is 0.0205. The van der Waals surface area contributed by atoms with Gasteiger partial charge in [0.2, 0.25) is 0 Å². The van der Waals surface area contributed by atoms with Crippen LogP contribution in [0, 0.1) is 5.92 Å². The molecule has 0 aliphatic rings. The molecule has 0 bridgehead atoms. The largest absolute Gasteiger partial charge is 0.481 e. The van der Waals surface area contributed by atoms with E-state index in [0.29, 0.717) is 11.3 Å². The predicted octanol–water partition coefficient (Wildman–Crippen LogP) is 1.11. The Morgan fingerprint density at radius 1 is 1.39 bits per heavy atom. The summed E-state index contributed by atoms with van der Waals surface area (Å²) in [4.78, 5) is 21.5. The van der Waals surface area contributed by atoms with Gasteiger partial charge in [-0.25, -0.2) is 4.39 Å². The van der Waals surface area contributed by atoms with E-state index in [0.717, 1.165) is 0 Å². The van der Waals surface area contributed by atoms with Crippen LogP contribution < -0.4 is 10.5 Å². The molecule has 0 aliphatic heterocycles. The normalized spacial score (nSPS) is 13.7. The van der Waals surface area contributed by atoms with Crippen molar-refractivity contribution >= 4 is 11.9 Å². The molecule has 3 N–H and O–H groups in total. The third-order valence-corrected chi connectivity index (χ3v) is 2.34. The lowest BCUT2D eigenvalue weighted by atomic mass is 9.98. The van der Waals surface area contributed by atoms with Crippen molar-refractivity contribution in [3.8, 4) is 5.75 Å². The van der Waals surface area contributed by atoms with Crippen LogP contribution in [0.2, 0.25) is 0 Å². The Kier molecular flexibility index (Phi) is 4.79. The first-order valence-electron chi connectivity index (χ1n) is 5.30. The zero-order valence-corrected chi connectivity index (χ0v) is 9.80. The summed E-state index contributed by atoms with van der Waals surface area (Å²) in [5, 5.41) is 8.79. The van der Waals surface area contributed by atoms with Gasteiger partial charge >= 0.3 is 11.9 Å². The molecule has 2 atom stereocenters. The molecule has 1 aromatic rings. The van der Waals surface area contributed by atoms with Gasteiger partial charge in [0.15, 0.2) is 6.30 Å². The fourth-order valence-corrected chi connectivity index (χ4v) is 1.45. The molecule has 5 nitrogen and oxygen atoms in total. The minimum atomic E-state index is -1.92. The second-order valence-corrected chi connectivity index (χ2v) is 3.83. The first kappa shape index (κ1) is 14.1. The SMILES string of the molecule is CC(=O)Oc1ccc(CC(C(=O)O)C(N)F)cc1. The van der Waals surface area contributed by atoms with Gasteiger partial charge in [0.1, 0.15) is 11.7 Å². The van der Waals surface area contributed by atoms with Gasteiger partial charge in [-0.05, 0) is 24.1 Å². The van der Waals surface area contributed by atoms with Crippen molar-refractivity contribution in [1.82, 2.24) is 0 Å². The number of esters is 1. The molecule has 0 saturated heterocycles. The molecule has 0 radical (unpaired) electrons. The van der Waals surface area contributed by atoms with E-state index in [1.54, 1.807) is 12.1 Å². The molecule has 2 unspecified atom stereocenters. The molecule has 0 fully saturated rings. The van der Waals surface area contributed by atoms with Gasteiger partial charge < -0.3 is 15.6 Å². The number of aliphatic carboxylic acids is 1. The third-order valence-electron chi connectivity index (χ3n) is 2.34. The van der Waals surface area contributed by atoms with E-state index in [1.165, 1.54) is 19.1 Å². The van der Waals surface area contributed by atoms with Crippen molar-refractivity contribution in [3.05, 3.63) is 29.8 Å². The third kappa shape index (κ3) is 4.14. The number of carboxylic acids is 1. The molecule has 0 aliphatic carbocycles. The summed E-state index contributed by atoms with van der Waals surface area (Å²) >= 11 is 0. The van der Waals surface area contributed by atoms with Crippen LogP contribution in [-0.2, 0) is 16.0 Å². The van der Waals surface area contributed by atoms with Crippen molar-refractivity contribution in [2.45, 2.75) is 19.6 Å². The number of alkyl halides is 1. The Morgan fingerprint density at radius 3 is 2.33 bits per heavy atom. The van der Waals surface area contributed by atoms with Crippen LogP contribution in [0.1, 0.15) is 12.5 Å². The second-order valence-electron chi connectivity index (χ2n) is 3.83. The van der Waals surface area contributed by atoms with Crippen LogP contribution >= 0.6 is 0 Å². The number of carboxylic acid groups (broad SMARTS) is 1. The predicted molar refractivity (Wildman–Crippen MR) is 61.7 cm³/mol. The number of ether oxygens (including phenoxy) is 1. The van der Waals surface area contributed by atoms with Gasteiger partial charge in [0.05, 0.1) is 0 Å². The maximum atomic E-state index is 12.9. The fourth-order valence-electron chi connectivity index (χ4n) is 1.45. The van der Waals surface area contributed by atoms with Gasteiger partial charge in [-0.1, -0.05) is 12.1 Å². The van der Waals surface area contributed by atoms with E-state index in [-0.39, 0.29) is 6.42 Å². The van der Waals surface area contributed by atoms with E-state index in [2.05, 4.69) is 0 Å². The zero-order chi connectivity index (χ0) is 13.7. The summed E-state index contributed by atoms with van der Waals surface area (Å²) in [5.74, 6) is -2.67. The summed E-state index contributed by atoms with van der Waals surface area (Å²) in [6.45, 7) is 1.27. The molecule has 1 aromatic carbocycles. The lowest BCUT2D eigenvalue weighted by molar-refractivity contribution is -0.144. The Labute approximate surface area is 103 Å². The Bertz CT molecular complexity index is 430. The molecule has 0 saturated carbocycles.